The second-order valence-electron chi connectivity index (χ2n) is 3.64. The number of methoxy groups -OCH3 is 1. The molecule has 0 saturated carbocycles. The second-order valence-corrected chi connectivity index (χ2v) is 3.64. The Hall–Kier alpha value is -2.30. The topological polar surface area (TPSA) is 64.1 Å². The molecule has 0 radical (unpaired) electrons. The molecule has 2 rings (SSSR count). The van der Waals surface area contributed by atoms with Gasteiger partial charge in [-0.1, -0.05) is 12.1 Å². The van der Waals surface area contributed by atoms with E-state index in [1.54, 1.807) is 31.3 Å². The number of aryl methyl sites for hydroxylation is 1. The minimum atomic E-state index is -0.377. The van der Waals surface area contributed by atoms with Crippen LogP contribution < -0.4 is 5.56 Å². The van der Waals surface area contributed by atoms with Gasteiger partial charge >= 0.3 is 5.97 Å². The quantitative estimate of drug-likeness (QED) is 0.790. The first-order chi connectivity index (χ1) is 8.11. The number of hydrogen-bond acceptors (Lipinski definition) is 3. The van der Waals surface area contributed by atoms with Crippen molar-refractivity contribution in [2.24, 2.45) is 7.05 Å². The first-order valence-corrected chi connectivity index (χ1v) is 5.06. The number of nitrogens with one attached hydrogen (secondary N) is 1. The van der Waals surface area contributed by atoms with Gasteiger partial charge in [0.15, 0.2) is 0 Å². The number of benzene rings is 1. The maximum absolute atomic E-state index is 11.3. The Labute approximate surface area is 97.6 Å². The van der Waals surface area contributed by atoms with Gasteiger partial charge in [-0.15, -0.1) is 0 Å². The minimum absolute atomic E-state index is 0.1000. The molecule has 0 unspecified atom stereocenters. The van der Waals surface area contributed by atoms with Crippen molar-refractivity contribution in [1.82, 2.24) is 9.78 Å². The molecule has 0 aliphatic rings. The average Bonchev–Trinajstić information content (AvgIpc) is 2.69. The normalized spacial score (nSPS) is 10.2. The monoisotopic (exact) mass is 232 g/mol. The van der Waals surface area contributed by atoms with E-state index in [0.29, 0.717) is 11.3 Å². The van der Waals surface area contributed by atoms with Crippen LogP contribution in [-0.2, 0) is 11.8 Å². The van der Waals surface area contributed by atoms with Gasteiger partial charge in [0.25, 0.3) is 5.56 Å². The van der Waals surface area contributed by atoms with Crippen molar-refractivity contribution in [3.63, 3.8) is 0 Å². The Bertz CT molecular complexity index is 593. The summed E-state index contributed by atoms with van der Waals surface area (Å²) >= 11 is 0. The predicted octanol–water partition coefficient (Wildman–Crippen LogP) is 1.17. The van der Waals surface area contributed by atoms with E-state index in [1.807, 2.05) is 0 Å². The average molecular weight is 232 g/mol. The van der Waals surface area contributed by atoms with Gasteiger partial charge in [0.2, 0.25) is 0 Å². The molecule has 88 valence electrons. The largest absolute Gasteiger partial charge is 0.465 e. The van der Waals surface area contributed by atoms with Gasteiger partial charge in [0.1, 0.15) is 0 Å². The highest BCUT2D eigenvalue weighted by molar-refractivity contribution is 5.89. The van der Waals surface area contributed by atoms with Crippen LogP contribution in [0.1, 0.15) is 10.4 Å². The fourth-order valence-corrected chi connectivity index (χ4v) is 1.54. The molecule has 1 aromatic carbocycles. The van der Waals surface area contributed by atoms with Gasteiger partial charge in [-0.3, -0.25) is 14.6 Å². The van der Waals surface area contributed by atoms with Crippen LogP contribution in [0.4, 0.5) is 0 Å². The maximum Gasteiger partial charge on any atom is 0.337 e. The van der Waals surface area contributed by atoms with Crippen LogP contribution in [-0.4, -0.2) is 22.9 Å². The molecule has 0 saturated heterocycles. The summed E-state index contributed by atoms with van der Waals surface area (Å²) in [5.41, 5.74) is 1.94. The number of hydrogen-bond donors (Lipinski definition) is 1. The van der Waals surface area contributed by atoms with Crippen LogP contribution in [0.15, 0.2) is 35.1 Å². The van der Waals surface area contributed by atoms with Crippen LogP contribution >= 0.6 is 0 Å². The Kier molecular flexibility index (Phi) is 2.82. The fourth-order valence-electron chi connectivity index (χ4n) is 1.54. The number of aromatic amines is 1. The van der Waals surface area contributed by atoms with Gasteiger partial charge in [0, 0.05) is 13.1 Å². The van der Waals surface area contributed by atoms with Crippen LogP contribution in [0.3, 0.4) is 0 Å². The molecular formula is C12H12N2O3. The molecular weight excluding hydrogens is 220 g/mol. The Morgan fingerprint density at radius 3 is 2.41 bits per heavy atom. The van der Waals surface area contributed by atoms with E-state index in [4.69, 9.17) is 0 Å². The Morgan fingerprint density at radius 1 is 1.29 bits per heavy atom. The summed E-state index contributed by atoms with van der Waals surface area (Å²) in [5.74, 6) is -0.377. The first-order valence-electron chi connectivity index (χ1n) is 5.06. The van der Waals surface area contributed by atoms with Crippen LogP contribution in [0.5, 0.6) is 0 Å². The third kappa shape index (κ3) is 2.13. The molecule has 0 spiro atoms. The summed E-state index contributed by atoms with van der Waals surface area (Å²) in [6.45, 7) is 0. The van der Waals surface area contributed by atoms with Gasteiger partial charge in [-0.2, -0.15) is 0 Å². The third-order valence-corrected chi connectivity index (χ3v) is 2.50. The lowest BCUT2D eigenvalue weighted by Gasteiger charge is -2.01. The van der Waals surface area contributed by atoms with Crippen molar-refractivity contribution in [2.75, 3.05) is 7.11 Å². The molecule has 2 aromatic rings. The highest BCUT2D eigenvalue weighted by Crippen LogP contribution is 2.16. The fraction of sp³-hybridized carbons (Fsp3) is 0.167. The minimum Gasteiger partial charge on any atom is -0.465 e. The molecule has 1 heterocycles. The summed E-state index contributed by atoms with van der Waals surface area (Å²) in [4.78, 5) is 22.5. The number of rotatable bonds is 2. The van der Waals surface area contributed by atoms with E-state index < -0.39 is 0 Å². The second kappa shape index (κ2) is 4.29. The molecule has 17 heavy (non-hydrogen) atoms. The standard InChI is InChI=1S/C12H12N2O3/c1-14-11(15)7-10(13-14)8-3-5-9(6-4-8)12(16)17-2/h3-7,13H,1-2H3. The Morgan fingerprint density at radius 2 is 1.94 bits per heavy atom. The number of esters is 1. The van der Waals surface area contributed by atoms with E-state index in [1.165, 1.54) is 17.9 Å². The lowest BCUT2D eigenvalue weighted by molar-refractivity contribution is 0.0601. The first kappa shape index (κ1) is 11.2. The molecule has 0 aliphatic heterocycles. The summed E-state index contributed by atoms with van der Waals surface area (Å²) in [5, 5.41) is 2.91. The number of carbonyl (C=O) groups excluding carboxylic acids is 1. The predicted molar refractivity (Wildman–Crippen MR) is 62.8 cm³/mol. The van der Waals surface area contributed by atoms with Crippen molar-refractivity contribution in [2.45, 2.75) is 0 Å². The molecule has 5 nitrogen and oxygen atoms in total. The smallest absolute Gasteiger partial charge is 0.337 e. The van der Waals surface area contributed by atoms with Crippen molar-refractivity contribution in [1.29, 1.82) is 0 Å². The van der Waals surface area contributed by atoms with Gasteiger partial charge in [0.05, 0.1) is 18.4 Å². The van der Waals surface area contributed by atoms with Gasteiger partial charge in [-0.25, -0.2) is 4.79 Å². The van der Waals surface area contributed by atoms with Crippen molar-refractivity contribution in [3.05, 3.63) is 46.2 Å². The van der Waals surface area contributed by atoms with Crippen molar-refractivity contribution >= 4 is 5.97 Å². The van der Waals surface area contributed by atoms with Crippen molar-refractivity contribution in [3.8, 4) is 11.3 Å². The molecule has 1 aromatic heterocycles. The van der Waals surface area contributed by atoms with E-state index in [-0.39, 0.29) is 11.5 Å². The maximum atomic E-state index is 11.3. The highest BCUT2D eigenvalue weighted by Gasteiger charge is 2.06. The number of ether oxygens (including phenoxy) is 1. The molecule has 0 amide bonds. The van der Waals surface area contributed by atoms with E-state index >= 15 is 0 Å². The van der Waals surface area contributed by atoms with E-state index in [9.17, 15) is 9.59 Å². The van der Waals surface area contributed by atoms with Gasteiger partial charge in [-0.05, 0) is 17.7 Å². The van der Waals surface area contributed by atoms with Gasteiger partial charge < -0.3 is 4.74 Å². The molecule has 1 N–H and O–H groups in total. The summed E-state index contributed by atoms with van der Waals surface area (Å²) < 4.78 is 6.00. The van der Waals surface area contributed by atoms with Crippen LogP contribution in [0.2, 0.25) is 0 Å². The van der Waals surface area contributed by atoms with E-state index in [0.717, 1.165) is 5.56 Å². The lowest BCUT2D eigenvalue weighted by Crippen LogP contribution is -2.09. The van der Waals surface area contributed by atoms with Crippen LogP contribution in [0.25, 0.3) is 11.3 Å². The zero-order valence-electron chi connectivity index (χ0n) is 9.56. The molecule has 5 heteroatoms. The number of nitrogens with zero attached hydrogens (tertiary/aromatic N) is 1. The number of H-pyrrole nitrogens is 1. The van der Waals surface area contributed by atoms with Crippen LogP contribution in [0, 0.1) is 0 Å². The summed E-state index contributed by atoms with van der Waals surface area (Å²) in [7, 11) is 2.99. The lowest BCUT2D eigenvalue weighted by atomic mass is 10.1. The molecule has 0 aliphatic carbocycles. The number of aromatic nitrogens is 2. The zero-order valence-corrected chi connectivity index (χ0v) is 9.56. The third-order valence-electron chi connectivity index (χ3n) is 2.50. The van der Waals surface area contributed by atoms with E-state index in [2.05, 4.69) is 9.84 Å². The Balaban J connectivity index is 2.35. The highest BCUT2D eigenvalue weighted by atomic mass is 16.5. The molecule has 0 atom stereocenters. The zero-order chi connectivity index (χ0) is 12.4. The summed E-state index contributed by atoms with van der Waals surface area (Å²) in [6.07, 6.45) is 0. The summed E-state index contributed by atoms with van der Waals surface area (Å²) in [6, 6.07) is 8.35. The molecule has 0 bridgehead atoms. The molecule has 0 fully saturated rings. The van der Waals surface area contributed by atoms with Crippen molar-refractivity contribution < 1.29 is 9.53 Å². The SMILES string of the molecule is COC(=O)c1ccc(-c2cc(=O)n(C)[nH]2)cc1. The number of carbonyl (C=O) groups is 1.